The third-order valence-electron chi connectivity index (χ3n) is 4.68. The molecule has 4 rings (SSSR count). The first kappa shape index (κ1) is 16.6. The number of nitrogens with one attached hydrogen (secondary N) is 2. The van der Waals surface area contributed by atoms with E-state index in [1.54, 1.807) is 24.8 Å². The van der Waals surface area contributed by atoms with E-state index in [1.807, 2.05) is 18.5 Å². The van der Waals surface area contributed by atoms with Gasteiger partial charge < -0.3 is 5.32 Å². The second kappa shape index (κ2) is 8.01. The maximum atomic E-state index is 4.55. The highest BCUT2D eigenvalue weighted by Gasteiger charge is 2.20. The van der Waals surface area contributed by atoms with Crippen LogP contribution in [0.5, 0.6) is 0 Å². The number of nitrogens with zero attached hydrogens (tertiary/aromatic N) is 6. The molecule has 0 amide bonds. The zero-order chi connectivity index (χ0) is 17.6. The van der Waals surface area contributed by atoms with Gasteiger partial charge in [-0.3, -0.25) is 20.0 Å². The molecule has 1 saturated heterocycles. The lowest BCUT2D eigenvalue weighted by Gasteiger charge is -2.31. The number of H-pyrrole nitrogens is 1. The molecule has 0 aromatic carbocycles. The summed E-state index contributed by atoms with van der Waals surface area (Å²) in [6, 6.07) is 2.04. The van der Waals surface area contributed by atoms with Gasteiger partial charge in [0.25, 0.3) is 0 Å². The smallest absolute Gasteiger partial charge is 0.150 e. The fraction of sp³-hybridized carbons (Fsp3) is 0.389. The molecule has 2 N–H and O–H groups in total. The number of rotatable bonds is 6. The van der Waals surface area contributed by atoms with Crippen molar-refractivity contribution in [2.24, 2.45) is 5.92 Å². The molecule has 0 saturated carbocycles. The lowest BCUT2D eigenvalue weighted by atomic mass is 9.92. The van der Waals surface area contributed by atoms with Crippen LogP contribution in [-0.2, 0) is 13.0 Å². The summed E-state index contributed by atoms with van der Waals surface area (Å²) in [6.07, 6.45) is 13.7. The second-order valence-corrected chi connectivity index (χ2v) is 6.61. The molecule has 3 aromatic heterocycles. The molecule has 0 spiro atoms. The number of likely N-dealkylation sites (tertiary alicyclic amines) is 1. The summed E-state index contributed by atoms with van der Waals surface area (Å²) in [5.74, 6) is 2.02. The third kappa shape index (κ3) is 4.40. The number of piperidine rings is 1. The van der Waals surface area contributed by atoms with Gasteiger partial charge in [-0.2, -0.15) is 5.10 Å². The van der Waals surface area contributed by atoms with Crippen LogP contribution in [-0.4, -0.2) is 48.1 Å². The van der Waals surface area contributed by atoms with E-state index in [-0.39, 0.29) is 0 Å². The Balaban J connectivity index is 1.26. The minimum atomic E-state index is 0.666. The molecule has 0 atom stereocenters. The van der Waals surface area contributed by atoms with Crippen LogP contribution in [0.1, 0.15) is 24.2 Å². The average molecular weight is 350 g/mol. The minimum absolute atomic E-state index is 0.666. The fourth-order valence-corrected chi connectivity index (χ4v) is 3.28. The Bertz CT molecular complexity index is 780. The minimum Gasteiger partial charge on any atom is -0.322 e. The maximum absolute atomic E-state index is 4.55. The van der Waals surface area contributed by atoms with E-state index in [4.69, 9.17) is 0 Å². The first-order chi connectivity index (χ1) is 12.8. The molecule has 8 nitrogen and oxygen atoms in total. The van der Waals surface area contributed by atoms with Gasteiger partial charge in [-0.05, 0) is 44.3 Å². The zero-order valence-corrected chi connectivity index (χ0v) is 14.5. The van der Waals surface area contributed by atoms with Gasteiger partial charge in [0.15, 0.2) is 0 Å². The van der Waals surface area contributed by atoms with Crippen molar-refractivity contribution in [3.05, 3.63) is 54.6 Å². The second-order valence-electron chi connectivity index (χ2n) is 6.61. The summed E-state index contributed by atoms with van der Waals surface area (Å²) in [5, 5.41) is 10.1. The molecule has 0 bridgehead atoms. The first-order valence-corrected chi connectivity index (χ1v) is 8.90. The predicted octanol–water partition coefficient (Wildman–Crippen LogP) is 2.19. The quantitative estimate of drug-likeness (QED) is 0.703. The Kier molecular flexibility index (Phi) is 5.11. The lowest BCUT2D eigenvalue weighted by molar-refractivity contribution is 0.174. The highest BCUT2D eigenvalue weighted by molar-refractivity contribution is 5.48. The Morgan fingerprint density at radius 3 is 2.58 bits per heavy atom. The normalized spacial score (nSPS) is 15.8. The molecular weight excluding hydrogens is 328 g/mol. The van der Waals surface area contributed by atoms with E-state index in [9.17, 15) is 0 Å². The number of hydrogen-bond acceptors (Lipinski definition) is 7. The molecule has 1 aliphatic heterocycles. The first-order valence-electron chi connectivity index (χ1n) is 8.90. The highest BCUT2D eigenvalue weighted by atomic mass is 15.2. The van der Waals surface area contributed by atoms with Crippen LogP contribution in [0.3, 0.4) is 0 Å². The summed E-state index contributed by atoms with van der Waals surface area (Å²) in [6.45, 7) is 3.18. The van der Waals surface area contributed by atoms with Gasteiger partial charge in [-0.1, -0.05) is 0 Å². The summed E-state index contributed by atoms with van der Waals surface area (Å²) >= 11 is 0. The Labute approximate surface area is 152 Å². The van der Waals surface area contributed by atoms with Gasteiger partial charge in [0.1, 0.15) is 11.6 Å². The molecule has 26 heavy (non-hydrogen) atoms. The van der Waals surface area contributed by atoms with Crippen molar-refractivity contribution in [2.45, 2.75) is 25.8 Å². The van der Waals surface area contributed by atoms with Gasteiger partial charge in [0.05, 0.1) is 24.3 Å². The lowest BCUT2D eigenvalue weighted by Crippen LogP contribution is -2.34. The van der Waals surface area contributed by atoms with Crippen LogP contribution in [0, 0.1) is 5.92 Å². The fourth-order valence-electron chi connectivity index (χ4n) is 3.28. The standard InChI is InChI=1S/C18H22N8/c1-4-23-25-15(1)13-26-7-2-14(3-8-26)9-16-10-22-18(12-21-16)24-17-11-19-5-6-20-17/h1,4-6,10-12,14H,2-3,7-9,13H2,(H,23,25)(H,20,22,24). The molecule has 4 heterocycles. The number of aromatic nitrogens is 6. The average Bonchev–Trinajstić information content (AvgIpc) is 3.19. The zero-order valence-electron chi connectivity index (χ0n) is 14.5. The number of hydrogen-bond donors (Lipinski definition) is 2. The molecule has 1 fully saturated rings. The van der Waals surface area contributed by atoms with E-state index in [0.29, 0.717) is 17.6 Å². The van der Waals surface area contributed by atoms with Crippen LogP contribution < -0.4 is 5.32 Å². The molecule has 134 valence electrons. The van der Waals surface area contributed by atoms with E-state index >= 15 is 0 Å². The molecule has 0 radical (unpaired) electrons. The Hall–Kier alpha value is -2.87. The predicted molar refractivity (Wildman–Crippen MR) is 97.6 cm³/mol. The molecular formula is C18H22N8. The van der Waals surface area contributed by atoms with Crippen LogP contribution in [0.25, 0.3) is 0 Å². The number of anilines is 2. The molecule has 0 aliphatic carbocycles. The van der Waals surface area contributed by atoms with Crippen molar-refractivity contribution in [1.82, 2.24) is 35.0 Å². The Morgan fingerprint density at radius 2 is 1.88 bits per heavy atom. The van der Waals surface area contributed by atoms with E-state index in [2.05, 4.69) is 40.3 Å². The summed E-state index contributed by atoms with van der Waals surface area (Å²) in [7, 11) is 0. The van der Waals surface area contributed by atoms with Crippen LogP contribution in [0.4, 0.5) is 11.6 Å². The Morgan fingerprint density at radius 1 is 1.00 bits per heavy atom. The van der Waals surface area contributed by atoms with Crippen molar-refractivity contribution in [1.29, 1.82) is 0 Å². The van der Waals surface area contributed by atoms with Gasteiger partial charge in [0, 0.05) is 30.8 Å². The van der Waals surface area contributed by atoms with Gasteiger partial charge in [0.2, 0.25) is 0 Å². The van der Waals surface area contributed by atoms with Crippen molar-refractivity contribution >= 4 is 11.6 Å². The van der Waals surface area contributed by atoms with Crippen LogP contribution in [0.15, 0.2) is 43.2 Å². The SMILES string of the molecule is c1cnc(Nc2cnc(CC3CCN(Cc4ccn[nH]4)CC3)cn2)cn1. The van der Waals surface area contributed by atoms with Crippen molar-refractivity contribution in [3.8, 4) is 0 Å². The maximum Gasteiger partial charge on any atom is 0.150 e. The van der Waals surface area contributed by atoms with Crippen LogP contribution >= 0.6 is 0 Å². The molecule has 8 heteroatoms. The monoisotopic (exact) mass is 350 g/mol. The van der Waals surface area contributed by atoms with Gasteiger partial charge in [-0.15, -0.1) is 0 Å². The van der Waals surface area contributed by atoms with E-state index < -0.39 is 0 Å². The van der Waals surface area contributed by atoms with Crippen molar-refractivity contribution < 1.29 is 0 Å². The van der Waals surface area contributed by atoms with Crippen molar-refractivity contribution in [3.63, 3.8) is 0 Å². The van der Waals surface area contributed by atoms with Gasteiger partial charge >= 0.3 is 0 Å². The largest absolute Gasteiger partial charge is 0.322 e. The van der Waals surface area contributed by atoms with E-state index in [1.165, 1.54) is 18.5 Å². The molecule has 0 unspecified atom stereocenters. The topological polar surface area (TPSA) is 95.5 Å². The van der Waals surface area contributed by atoms with E-state index in [0.717, 1.165) is 31.7 Å². The third-order valence-corrected chi connectivity index (χ3v) is 4.68. The number of aromatic amines is 1. The molecule has 3 aromatic rings. The van der Waals surface area contributed by atoms with Crippen LogP contribution in [0.2, 0.25) is 0 Å². The summed E-state index contributed by atoms with van der Waals surface area (Å²) < 4.78 is 0. The summed E-state index contributed by atoms with van der Waals surface area (Å²) in [5.41, 5.74) is 2.22. The highest BCUT2D eigenvalue weighted by Crippen LogP contribution is 2.22. The van der Waals surface area contributed by atoms with Crippen molar-refractivity contribution in [2.75, 3.05) is 18.4 Å². The van der Waals surface area contributed by atoms with Gasteiger partial charge in [-0.25, -0.2) is 9.97 Å². The molecule has 1 aliphatic rings. The summed E-state index contributed by atoms with van der Waals surface area (Å²) in [4.78, 5) is 19.7.